The van der Waals surface area contributed by atoms with Crippen LogP contribution in [-0.4, -0.2) is 63.6 Å². The van der Waals surface area contributed by atoms with Crippen LogP contribution in [0.5, 0.6) is 5.75 Å². The summed E-state index contributed by atoms with van der Waals surface area (Å²) in [5.74, 6) is 1.35. The van der Waals surface area contributed by atoms with Crippen LogP contribution in [0, 0.1) is 5.92 Å². The van der Waals surface area contributed by atoms with Gasteiger partial charge in [-0.3, -0.25) is 9.78 Å². The number of anilines is 2. The van der Waals surface area contributed by atoms with E-state index in [9.17, 15) is 4.79 Å². The van der Waals surface area contributed by atoms with Gasteiger partial charge in [0.1, 0.15) is 11.6 Å². The Bertz CT molecular complexity index is 1270. The van der Waals surface area contributed by atoms with Crippen molar-refractivity contribution >= 4 is 23.1 Å². The van der Waals surface area contributed by atoms with Crippen molar-refractivity contribution in [3.8, 4) is 5.75 Å². The number of imidazole rings is 1. The number of hydrogen-bond acceptors (Lipinski definition) is 7. The van der Waals surface area contributed by atoms with Crippen molar-refractivity contribution in [3.63, 3.8) is 0 Å². The van der Waals surface area contributed by atoms with Crippen LogP contribution in [0.2, 0.25) is 0 Å². The molecule has 174 valence electrons. The second kappa shape index (κ2) is 9.88. The van der Waals surface area contributed by atoms with Gasteiger partial charge in [0.2, 0.25) is 0 Å². The van der Waals surface area contributed by atoms with Gasteiger partial charge in [-0.05, 0) is 42.8 Å². The Labute approximate surface area is 197 Å². The highest BCUT2D eigenvalue weighted by atomic mass is 16.5. The number of pyridine rings is 1. The van der Waals surface area contributed by atoms with Crippen molar-refractivity contribution in [3.05, 3.63) is 78.6 Å². The molecular weight excluding hydrogens is 432 g/mol. The fourth-order valence-electron chi connectivity index (χ4n) is 4.12. The molecule has 1 fully saturated rings. The van der Waals surface area contributed by atoms with Gasteiger partial charge in [-0.15, -0.1) is 0 Å². The number of hydrogen-bond donors (Lipinski definition) is 1. The van der Waals surface area contributed by atoms with Crippen LogP contribution in [-0.2, 0) is 11.2 Å². The molecule has 1 N–H and O–H groups in total. The molecule has 0 aliphatic carbocycles. The van der Waals surface area contributed by atoms with Gasteiger partial charge in [0.05, 0.1) is 37.8 Å². The topological polar surface area (TPSA) is 93.9 Å². The smallest absolute Gasteiger partial charge is 0.257 e. The summed E-state index contributed by atoms with van der Waals surface area (Å²) >= 11 is 0. The Hall–Kier alpha value is -3.98. The fraction of sp³-hybridized carbons (Fsp3) is 0.280. The summed E-state index contributed by atoms with van der Waals surface area (Å²) in [6.07, 6.45) is 9.79. The van der Waals surface area contributed by atoms with Gasteiger partial charge in [-0.25, -0.2) is 9.97 Å². The summed E-state index contributed by atoms with van der Waals surface area (Å²) in [7, 11) is 1.63. The lowest BCUT2D eigenvalue weighted by molar-refractivity contribution is 0.0738. The lowest BCUT2D eigenvalue weighted by Crippen LogP contribution is -2.37. The second-order valence-electron chi connectivity index (χ2n) is 8.22. The molecule has 0 radical (unpaired) electrons. The normalized spacial score (nSPS) is 16.3. The first kappa shape index (κ1) is 21.8. The minimum absolute atomic E-state index is 0.0716. The van der Waals surface area contributed by atoms with Gasteiger partial charge in [0.25, 0.3) is 5.91 Å². The van der Waals surface area contributed by atoms with Crippen LogP contribution in [0.3, 0.4) is 0 Å². The lowest BCUT2D eigenvalue weighted by atomic mass is 10.0. The molecule has 3 aromatic heterocycles. The molecule has 5 rings (SSSR count). The van der Waals surface area contributed by atoms with E-state index in [1.807, 2.05) is 46.0 Å². The molecular formula is C25H26N6O3. The van der Waals surface area contributed by atoms with Crippen LogP contribution in [0.4, 0.5) is 11.5 Å². The maximum absolute atomic E-state index is 13.5. The third-order valence-corrected chi connectivity index (χ3v) is 5.85. The Morgan fingerprint density at radius 1 is 1.18 bits per heavy atom. The van der Waals surface area contributed by atoms with Gasteiger partial charge < -0.3 is 24.1 Å². The molecule has 1 saturated heterocycles. The number of benzene rings is 1. The quantitative estimate of drug-likeness (QED) is 0.474. The third kappa shape index (κ3) is 4.84. The molecule has 1 aliphatic rings. The van der Waals surface area contributed by atoms with Gasteiger partial charge >= 0.3 is 0 Å². The van der Waals surface area contributed by atoms with Crippen molar-refractivity contribution in [2.24, 2.45) is 5.92 Å². The average molecular weight is 459 g/mol. The van der Waals surface area contributed by atoms with Gasteiger partial charge in [0.15, 0.2) is 5.65 Å². The van der Waals surface area contributed by atoms with E-state index in [0.29, 0.717) is 44.1 Å². The number of nitrogens with one attached hydrogen (secondary N) is 1. The van der Waals surface area contributed by atoms with Crippen molar-refractivity contribution < 1.29 is 14.3 Å². The van der Waals surface area contributed by atoms with Crippen LogP contribution in [0.15, 0.2) is 67.4 Å². The molecule has 4 heterocycles. The zero-order valence-corrected chi connectivity index (χ0v) is 18.9. The standard InChI is InChI=1S/C25H26N6O3/c1-33-21-6-4-19(5-7-21)29-24-22(3-2-8-27-24)25(32)31-11-12-34-17-18(15-31)13-20-16-30-10-9-26-23(30)14-28-20/h2-10,14,16,18H,11-13,15,17H2,1H3,(H,27,29)/t18-/m1/s1. The van der Waals surface area contributed by atoms with Gasteiger partial charge in [-0.2, -0.15) is 0 Å². The summed E-state index contributed by atoms with van der Waals surface area (Å²) in [6, 6.07) is 11.1. The molecule has 9 nitrogen and oxygen atoms in total. The van der Waals surface area contributed by atoms with E-state index in [4.69, 9.17) is 9.47 Å². The molecule has 1 aliphatic heterocycles. The molecule has 0 saturated carbocycles. The second-order valence-corrected chi connectivity index (χ2v) is 8.22. The van der Waals surface area contributed by atoms with E-state index < -0.39 is 0 Å². The van der Waals surface area contributed by atoms with Crippen LogP contribution >= 0.6 is 0 Å². The monoisotopic (exact) mass is 458 g/mol. The molecule has 0 unspecified atom stereocenters. The number of nitrogens with zero attached hydrogens (tertiary/aromatic N) is 5. The molecule has 4 aromatic rings. The maximum Gasteiger partial charge on any atom is 0.257 e. The summed E-state index contributed by atoms with van der Waals surface area (Å²) in [6.45, 7) is 2.19. The first-order valence-electron chi connectivity index (χ1n) is 11.2. The minimum atomic E-state index is -0.0716. The van der Waals surface area contributed by atoms with Crippen molar-refractivity contribution in [2.45, 2.75) is 6.42 Å². The maximum atomic E-state index is 13.5. The molecule has 34 heavy (non-hydrogen) atoms. The molecule has 0 spiro atoms. The van der Waals surface area contributed by atoms with E-state index >= 15 is 0 Å². The Morgan fingerprint density at radius 3 is 2.91 bits per heavy atom. The average Bonchev–Trinajstić information content (AvgIpc) is 3.21. The van der Waals surface area contributed by atoms with Crippen LogP contribution < -0.4 is 10.1 Å². The highest BCUT2D eigenvalue weighted by molar-refractivity contribution is 5.99. The molecule has 1 aromatic carbocycles. The molecule has 1 atom stereocenters. The number of ether oxygens (including phenoxy) is 2. The highest BCUT2D eigenvalue weighted by Gasteiger charge is 2.26. The number of fused-ring (bicyclic) bond motifs is 1. The summed E-state index contributed by atoms with van der Waals surface area (Å²) in [5, 5.41) is 3.26. The number of aromatic nitrogens is 4. The van der Waals surface area contributed by atoms with Crippen LogP contribution in [0.25, 0.3) is 5.65 Å². The van der Waals surface area contributed by atoms with E-state index in [0.717, 1.165) is 22.8 Å². The van der Waals surface area contributed by atoms with E-state index in [1.165, 1.54) is 0 Å². The lowest BCUT2D eigenvalue weighted by Gasteiger charge is -2.24. The Kier molecular flexibility index (Phi) is 6.35. The summed E-state index contributed by atoms with van der Waals surface area (Å²) in [4.78, 5) is 28.6. The molecule has 9 heteroatoms. The third-order valence-electron chi connectivity index (χ3n) is 5.85. The largest absolute Gasteiger partial charge is 0.497 e. The highest BCUT2D eigenvalue weighted by Crippen LogP contribution is 2.23. The van der Waals surface area contributed by atoms with Gasteiger partial charge in [0, 0.05) is 49.5 Å². The SMILES string of the molecule is COc1ccc(Nc2ncccc2C(=O)N2CCOC[C@H](Cc3cn4ccnc4cn3)C2)cc1. The van der Waals surface area contributed by atoms with Crippen molar-refractivity contribution in [1.29, 1.82) is 0 Å². The zero-order chi connectivity index (χ0) is 23.3. The predicted octanol–water partition coefficient (Wildman–Crippen LogP) is 3.21. The molecule has 1 amide bonds. The first-order chi connectivity index (χ1) is 16.7. The van der Waals surface area contributed by atoms with E-state index in [-0.39, 0.29) is 11.8 Å². The number of carbonyl (C=O) groups is 1. The molecule has 0 bridgehead atoms. The van der Waals surface area contributed by atoms with Crippen molar-refractivity contribution in [2.75, 3.05) is 38.7 Å². The fourth-order valence-corrected chi connectivity index (χ4v) is 4.12. The number of amides is 1. The summed E-state index contributed by atoms with van der Waals surface area (Å²) in [5.41, 5.74) is 3.10. The minimum Gasteiger partial charge on any atom is -0.497 e. The number of rotatable bonds is 6. The van der Waals surface area contributed by atoms with E-state index in [1.54, 1.807) is 37.8 Å². The zero-order valence-electron chi connectivity index (χ0n) is 18.9. The van der Waals surface area contributed by atoms with Crippen LogP contribution in [0.1, 0.15) is 16.1 Å². The predicted molar refractivity (Wildman–Crippen MR) is 127 cm³/mol. The van der Waals surface area contributed by atoms with Crippen molar-refractivity contribution in [1.82, 2.24) is 24.3 Å². The Balaban J connectivity index is 1.32. The summed E-state index contributed by atoms with van der Waals surface area (Å²) < 4.78 is 13.0. The Morgan fingerprint density at radius 2 is 2.06 bits per heavy atom. The number of carbonyl (C=O) groups excluding carboxylic acids is 1. The first-order valence-corrected chi connectivity index (χ1v) is 11.2. The van der Waals surface area contributed by atoms with E-state index in [2.05, 4.69) is 20.3 Å². The van der Waals surface area contributed by atoms with Gasteiger partial charge in [-0.1, -0.05) is 0 Å². The number of methoxy groups -OCH3 is 1.